The Bertz CT molecular complexity index is 238. The van der Waals surface area contributed by atoms with Crippen molar-refractivity contribution in [3.8, 4) is 0 Å². The molecule has 2 rings (SSSR count). The predicted octanol–water partition coefficient (Wildman–Crippen LogP) is 0.698. The average molecular weight is 268 g/mol. The quantitative estimate of drug-likeness (QED) is 0.686. The van der Waals surface area contributed by atoms with Gasteiger partial charge in [-0.25, -0.2) is 0 Å². The van der Waals surface area contributed by atoms with Crippen LogP contribution in [0.15, 0.2) is 0 Å². The molecule has 0 spiro atoms. The molecule has 1 unspecified atom stereocenters. The summed E-state index contributed by atoms with van der Waals surface area (Å²) in [5.41, 5.74) is 0. The normalized spacial score (nSPS) is 26.4. The molecule has 0 amide bonds. The molecule has 4 nitrogen and oxygen atoms in total. The highest BCUT2D eigenvalue weighted by atomic mass is 15.3. The molecule has 19 heavy (non-hydrogen) atoms. The smallest absolute Gasteiger partial charge is 0.0235 e. The molecule has 2 fully saturated rings. The molecule has 0 aromatic rings. The minimum atomic E-state index is 0.849. The first-order valence-electron chi connectivity index (χ1n) is 8.07. The molecule has 0 bridgehead atoms. The van der Waals surface area contributed by atoms with Crippen molar-refractivity contribution in [2.45, 2.75) is 31.7 Å². The minimum absolute atomic E-state index is 0.849. The van der Waals surface area contributed by atoms with Crippen LogP contribution in [-0.4, -0.2) is 87.2 Å². The van der Waals surface area contributed by atoms with Crippen LogP contribution in [0.25, 0.3) is 0 Å². The molecule has 0 saturated carbocycles. The van der Waals surface area contributed by atoms with E-state index in [2.05, 4.69) is 34.1 Å². The molecule has 0 aromatic carbocycles. The summed E-state index contributed by atoms with van der Waals surface area (Å²) in [4.78, 5) is 7.61. The van der Waals surface area contributed by atoms with Gasteiger partial charge in [0, 0.05) is 38.8 Å². The van der Waals surface area contributed by atoms with Gasteiger partial charge in [0.1, 0.15) is 0 Å². The van der Waals surface area contributed by atoms with Crippen LogP contribution >= 0.6 is 0 Å². The number of likely N-dealkylation sites (tertiary alicyclic amines) is 2. The molecule has 2 aliphatic rings. The van der Waals surface area contributed by atoms with Crippen LogP contribution < -0.4 is 5.32 Å². The van der Waals surface area contributed by atoms with E-state index in [-0.39, 0.29) is 0 Å². The summed E-state index contributed by atoms with van der Waals surface area (Å²) in [6.45, 7) is 9.90. The Balaban J connectivity index is 1.54. The van der Waals surface area contributed by atoms with Crippen LogP contribution in [0, 0.1) is 0 Å². The minimum Gasteiger partial charge on any atom is -0.314 e. The van der Waals surface area contributed by atoms with E-state index in [1.54, 1.807) is 0 Å². The lowest BCUT2D eigenvalue weighted by atomic mass is 10.1. The monoisotopic (exact) mass is 268 g/mol. The number of piperidine rings is 1. The van der Waals surface area contributed by atoms with Crippen LogP contribution in [0.5, 0.6) is 0 Å². The predicted molar refractivity (Wildman–Crippen MR) is 81.7 cm³/mol. The van der Waals surface area contributed by atoms with E-state index in [0.29, 0.717) is 0 Å². The summed E-state index contributed by atoms with van der Waals surface area (Å²) in [6, 6.07) is 0.849. The molecule has 0 aliphatic carbocycles. The van der Waals surface area contributed by atoms with Gasteiger partial charge in [0.2, 0.25) is 0 Å². The van der Waals surface area contributed by atoms with Crippen LogP contribution in [0.1, 0.15) is 25.7 Å². The maximum Gasteiger partial charge on any atom is 0.0235 e. The highest BCUT2D eigenvalue weighted by Gasteiger charge is 2.27. The van der Waals surface area contributed by atoms with E-state index >= 15 is 0 Å². The summed E-state index contributed by atoms with van der Waals surface area (Å²) in [5.74, 6) is 0. The van der Waals surface area contributed by atoms with Gasteiger partial charge in [-0.3, -0.25) is 4.90 Å². The average Bonchev–Trinajstić information content (AvgIpc) is 2.88. The van der Waals surface area contributed by atoms with Gasteiger partial charge in [-0.2, -0.15) is 0 Å². The molecule has 2 heterocycles. The highest BCUT2D eigenvalue weighted by Crippen LogP contribution is 2.19. The van der Waals surface area contributed by atoms with Crippen LogP contribution in [-0.2, 0) is 0 Å². The van der Waals surface area contributed by atoms with E-state index in [1.165, 1.54) is 58.4 Å². The van der Waals surface area contributed by atoms with Gasteiger partial charge < -0.3 is 15.1 Å². The Kier molecular flexibility index (Phi) is 6.57. The Morgan fingerprint density at radius 2 is 1.84 bits per heavy atom. The standard InChI is InChI=1S/C15H32N4/c1-17(2)12-7-16-8-13-18-11-6-15(14-18)19-9-4-3-5-10-19/h15-16H,3-14H2,1-2H3. The number of hydrogen-bond acceptors (Lipinski definition) is 4. The largest absolute Gasteiger partial charge is 0.314 e. The van der Waals surface area contributed by atoms with Crippen molar-refractivity contribution in [1.29, 1.82) is 0 Å². The van der Waals surface area contributed by atoms with Gasteiger partial charge >= 0.3 is 0 Å². The summed E-state index contributed by atoms with van der Waals surface area (Å²) in [7, 11) is 4.26. The molecule has 112 valence electrons. The Morgan fingerprint density at radius 3 is 2.58 bits per heavy atom. The van der Waals surface area contributed by atoms with Crippen molar-refractivity contribution < 1.29 is 0 Å². The molecule has 2 aliphatic heterocycles. The maximum atomic E-state index is 3.54. The number of nitrogens with zero attached hydrogens (tertiary/aromatic N) is 3. The lowest BCUT2D eigenvalue weighted by Gasteiger charge is -2.32. The van der Waals surface area contributed by atoms with E-state index in [1.807, 2.05) is 0 Å². The van der Waals surface area contributed by atoms with Gasteiger partial charge in [0.25, 0.3) is 0 Å². The van der Waals surface area contributed by atoms with Crippen molar-refractivity contribution in [1.82, 2.24) is 20.0 Å². The van der Waals surface area contributed by atoms with Crippen molar-refractivity contribution in [2.75, 3.05) is 66.5 Å². The number of rotatable bonds is 7. The van der Waals surface area contributed by atoms with Crippen molar-refractivity contribution in [3.63, 3.8) is 0 Å². The molecule has 0 aromatic heterocycles. The van der Waals surface area contributed by atoms with Crippen LogP contribution in [0.4, 0.5) is 0 Å². The first kappa shape index (κ1) is 15.2. The molecule has 2 saturated heterocycles. The third-order valence-corrected chi connectivity index (χ3v) is 4.50. The molecule has 1 atom stereocenters. The summed E-state index contributed by atoms with van der Waals surface area (Å²) < 4.78 is 0. The third kappa shape index (κ3) is 5.38. The Hall–Kier alpha value is -0.160. The van der Waals surface area contributed by atoms with E-state index in [9.17, 15) is 0 Å². The second kappa shape index (κ2) is 8.20. The van der Waals surface area contributed by atoms with Gasteiger partial charge in [-0.05, 0) is 53.0 Å². The van der Waals surface area contributed by atoms with Crippen molar-refractivity contribution in [2.24, 2.45) is 0 Å². The van der Waals surface area contributed by atoms with E-state index < -0.39 is 0 Å². The summed E-state index contributed by atoms with van der Waals surface area (Å²) in [6.07, 6.45) is 5.67. The molecule has 4 heteroatoms. The van der Waals surface area contributed by atoms with Gasteiger partial charge in [0.05, 0.1) is 0 Å². The first-order chi connectivity index (χ1) is 9.25. The zero-order chi connectivity index (χ0) is 13.5. The first-order valence-corrected chi connectivity index (χ1v) is 8.07. The highest BCUT2D eigenvalue weighted by molar-refractivity contribution is 4.84. The SMILES string of the molecule is CN(C)CCNCCN1CCC(N2CCCCC2)C1. The Morgan fingerprint density at radius 1 is 1.05 bits per heavy atom. The fourth-order valence-corrected chi connectivity index (χ4v) is 3.26. The van der Waals surface area contributed by atoms with Crippen LogP contribution in [0.3, 0.4) is 0 Å². The number of nitrogens with one attached hydrogen (secondary N) is 1. The van der Waals surface area contributed by atoms with E-state index in [0.717, 1.165) is 25.7 Å². The maximum absolute atomic E-state index is 3.54. The third-order valence-electron chi connectivity index (χ3n) is 4.50. The second-order valence-electron chi connectivity index (χ2n) is 6.39. The van der Waals surface area contributed by atoms with Gasteiger partial charge in [-0.15, -0.1) is 0 Å². The lowest BCUT2D eigenvalue weighted by molar-refractivity contribution is 0.162. The molecule has 1 N–H and O–H groups in total. The van der Waals surface area contributed by atoms with Crippen molar-refractivity contribution >= 4 is 0 Å². The topological polar surface area (TPSA) is 21.8 Å². The van der Waals surface area contributed by atoms with Gasteiger partial charge in [0.15, 0.2) is 0 Å². The number of likely N-dealkylation sites (N-methyl/N-ethyl adjacent to an activating group) is 1. The fourth-order valence-electron chi connectivity index (χ4n) is 3.26. The second-order valence-corrected chi connectivity index (χ2v) is 6.39. The van der Waals surface area contributed by atoms with Crippen LogP contribution in [0.2, 0.25) is 0 Å². The zero-order valence-corrected chi connectivity index (χ0v) is 12.9. The summed E-state index contributed by atoms with van der Waals surface area (Å²) in [5, 5.41) is 3.54. The summed E-state index contributed by atoms with van der Waals surface area (Å²) >= 11 is 0. The van der Waals surface area contributed by atoms with Gasteiger partial charge in [-0.1, -0.05) is 6.42 Å². The fraction of sp³-hybridized carbons (Fsp3) is 1.00. The lowest BCUT2D eigenvalue weighted by Crippen LogP contribution is -2.41. The molecular weight excluding hydrogens is 236 g/mol. The molecular formula is C15H32N4. The van der Waals surface area contributed by atoms with Crippen molar-refractivity contribution in [3.05, 3.63) is 0 Å². The van der Waals surface area contributed by atoms with E-state index in [4.69, 9.17) is 0 Å². The Labute approximate surface area is 119 Å². The zero-order valence-electron chi connectivity index (χ0n) is 12.9. The molecule has 0 radical (unpaired) electrons. The number of hydrogen-bond donors (Lipinski definition) is 1.